The van der Waals surface area contributed by atoms with E-state index in [0.29, 0.717) is 6.42 Å². The third kappa shape index (κ3) is 41.0. The van der Waals surface area contributed by atoms with Crippen LogP contribution in [0.4, 0.5) is 0 Å². The molecule has 0 heterocycles. The normalized spacial score (nSPS) is 13.6. The molecule has 0 rings (SSSR count). The number of rotatable bonds is 41. The summed E-state index contributed by atoms with van der Waals surface area (Å²) >= 11 is 0. The van der Waals surface area contributed by atoms with Crippen LogP contribution in [0.1, 0.15) is 219 Å². The van der Waals surface area contributed by atoms with Gasteiger partial charge in [-0.2, -0.15) is 0 Å². The molecule has 312 valence electrons. The lowest BCUT2D eigenvalue weighted by molar-refractivity contribution is -0.123. The van der Waals surface area contributed by atoms with E-state index in [4.69, 9.17) is 0 Å². The van der Waals surface area contributed by atoms with Crippen molar-refractivity contribution >= 4 is 5.91 Å². The monoisotopic (exact) mass is 752 g/mol. The average Bonchev–Trinajstić information content (AvgIpc) is 3.18. The maximum Gasteiger partial charge on any atom is 0.220 e. The summed E-state index contributed by atoms with van der Waals surface area (Å²) in [5.74, 6) is -0.0973. The van der Waals surface area contributed by atoms with Crippen LogP contribution in [0.15, 0.2) is 72.9 Å². The number of hydrogen-bond donors (Lipinski definition) is 3. The number of aliphatic hydroxyl groups excluding tert-OH is 2. The van der Waals surface area contributed by atoms with E-state index in [0.717, 1.165) is 70.6 Å². The van der Waals surface area contributed by atoms with Crippen LogP contribution in [0.25, 0.3) is 0 Å². The van der Waals surface area contributed by atoms with Crippen LogP contribution in [0.2, 0.25) is 0 Å². The molecule has 54 heavy (non-hydrogen) atoms. The molecule has 2 atom stereocenters. The van der Waals surface area contributed by atoms with Crippen molar-refractivity contribution in [3.63, 3.8) is 0 Å². The molecule has 0 saturated heterocycles. The zero-order valence-corrected chi connectivity index (χ0v) is 35.7. The van der Waals surface area contributed by atoms with Crippen molar-refractivity contribution in [2.45, 2.75) is 231 Å². The van der Waals surface area contributed by atoms with E-state index in [1.807, 2.05) is 6.08 Å². The summed E-state index contributed by atoms with van der Waals surface area (Å²) in [5.41, 5.74) is 0. The van der Waals surface area contributed by atoms with Gasteiger partial charge in [0.2, 0.25) is 5.91 Å². The molecule has 0 bridgehead atoms. The summed E-state index contributed by atoms with van der Waals surface area (Å²) in [4.78, 5) is 12.4. The highest BCUT2D eigenvalue weighted by Crippen LogP contribution is 2.15. The van der Waals surface area contributed by atoms with Crippen molar-refractivity contribution < 1.29 is 15.0 Å². The lowest BCUT2D eigenvalue weighted by atomic mass is 10.0. The lowest BCUT2D eigenvalue weighted by Crippen LogP contribution is -2.45. The number of allylic oxidation sites excluding steroid dienone is 11. The highest BCUT2D eigenvalue weighted by atomic mass is 16.3. The van der Waals surface area contributed by atoms with Gasteiger partial charge in [-0.3, -0.25) is 4.79 Å². The average molecular weight is 752 g/mol. The van der Waals surface area contributed by atoms with E-state index < -0.39 is 12.1 Å². The number of hydrogen-bond acceptors (Lipinski definition) is 3. The first-order chi connectivity index (χ1) is 26.7. The van der Waals surface area contributed by atoms with E-state index in [2.05, 4.69) is 79.9 Å². The van der Waals surface area contributed by atoms with Gasteiger partial charge < -0.3 is 15.5 Å². The van der Waals surface area contributed by atoms with Crippen LogP contribution in [0.3, 0.4) is 0 Å². The molecule has 4 nitrogen and oxygen atoms in total. The van der Waals surface area contributed by atoms with Gasteiger partial charge in [-0.15, -0.1) is 0 Å². The van der Waals surface area contributed by atoms with Crippen LogP contribution in [0, 0.1) is 0 Å². The SMILES string of the molecule is CC/C=C\C/C=C\C/C=C\CCCCCCCC(=O)NC(CO)C(O)/C=C/CC/C=C/CC/C=C/CCCCCCCCCCCCCCCCCCC. The lowest BCUT2D eigenvalue weighted by Gasteiger charge is -2.19. The van der Waals surface area contributed by atoms with Gasteiger partial charge in [0.1, 0.15) is 0 Å². The van der Waals surface area contributed by atoms with Gasteiger partial charge in [0.15, 0.2) is 0 Å². The van der Waals surface area contributed by atoms with Crippen molar-refractivity contribution in [2.24, 2.45) is 0 Å². The third-order valence-corrected chi connectivity index (χ3v) is 10.2. The first-order valence-corrected chi connectivity index (χ1v) is 23.2. The molecule has 1 amide bonds. The molecular weight excluding hydrogens is 663 g/mol. The maximum absolute atomic E-state index is 12.4. The van der Waals surface area contributed by atoms with Crippen molar-refractivity contribution in [1.82, 2.24) is 5.32 Å². The maximum atomic E-state index is 12.4. The Morgan fingerprint density at radius 1 is 0.463 bits per heavy atom. The molecule has 0 spiro atoms. The summed E-state index contributed by atoms with van der Waals surface area (Å²) < 4.78 is 0. The van der Waals surface area contributed by atoms with Crippen LogP contribution in [-0.2, 0) is 4.79 Å². The van der Waals surface area contributed by atoms with Gasteiger partial charge in [0.05, 0.1) is 18.8 Å². The molecule has 4 heteroatoms. The Bertz CT molecular complexity index is 946. The topological polar surface area (TPSA) is 69.6 Å². The molecule has 0 aromatic heterocycles. The van der Waals surface area contributed by atoms with Crippen molar-refractivity contribution in [3.8, 4) is 0 Å². The minimum Gasteiger partial charge on any atom is -0.394 e. The Balaban J connectivity index is 3.63. The summed E-state index contributed by atoms with van der Waals surface area (Å²) in [7, 11) is 0. The molecule has 0 aliphatic heterocycles. The van der Waals surface area contributed by atoms with Crippen molar-refractivity contribution in [3.05, 3.63) is 72.9 Å². The van der Waals surface area contributed by atoms with Gasteiger partial charge in [0, 0.05) is 6.42 Å². The Labute approximate surface area is 336 Å². The second-order valence-corrected chi connectivity index (χ2v) is 15.4. The quantitative estimate of drug-likeness (QED) is 0.0430. The van der Waals surface area contributed by atoms with Gasteiger partial charge in [-0.25, -0.2) is 0 Å². The summed E-state index contributed by atoms with van der Waals surface area (Å²) in [6, 6.07) is -0.658. The molecule has 0 aliphatic carbocycles. The molecule has 0 aliphatic rings. The van der Waals surface area contributed by atoms with E-state index in [9.17, 15) is 15.0 Å². The minimum absolute atomic E-state index is 0.0973. The van der Waals surface area contributed by atoms with Crippen molar-refractivity contribution in [1.29, 1.82) is 0 Å². The number of nitrogens with one attached hydrogen (secondary N) is 1. The van der Waals surface area contributed by atoms with E-state index in [1.54, 1.807) is 6.08 Å². The fourth-order valence-corrected chi connectivity index (χ4v) is 6.64. The highest BCUT2D eigenvalue weighted by molar-refractivity contribution is 5.76. The van der Waals surface area contributed by atoms with Crippen LogP contribution >= 0.6 is 0 Å². The van der Waals surface area contributed by atoms with Gasteiger partial charge >= 0.3 is 0 Å². The minimum atomic E-state index is -0.881. The largest absolute Gasteiger partial charge is 0.394 e. The van der Waals surface area contributed by atoms with E-state index in [1.165, 1.54) is 128 Å². The number of unbranched alkanes of at least 4 members (excludes halogenated alkanes) is 24. The standard InChI is InChI=1S/C50H89NO3/c1-3-5-7-9-11-13-15-17-19-20-21-22-23-24-25-26-27-28-29-30-32-33-35-37-39-41-43-45-49(53)48(47-52)51-50(54)46-44-42-40-38-36-34-31-18-16-14-12-10-8-6-4-2/h6,8,12,14,18,29-31,35,37,43,45,48-49,52-53H,3-5,7,9-11,13,15-17,19-28,32-34,36,38-42,44,46-47H2,1-2H3,(H,51,54)/b8-6-,14-12-,30-29+,31-18-,37-35+,45-43+. The molecule has 0 saturated carbocycles. The van der Waals surface area contributed by atoms with Gasteiger partial charge in [-0.05, 0) is 77.0 Å². The Morgan fingerprint density at radius 2 is 0.833 bits per heavy atom. The van der Waals surface area contributed by atoms with E-state index in [-0.39, 0.29) is 12.5 Å². The summed E-state index contributed by atoms with van der Waals surface area (Å²) in [6.07, 6.45) is 64.6. The molecule has 0 aromatic rings. The fourth-order valence-electron chi connectivity index (χ4n) is 6.64. The van der Waals surface area contributed by atoms with Crippen LogP contribution in [-0.4, -0.2) is 34.9 Å². The fraction of sp³-hybridized carbons (Fsp3) is 0.740. The summed E-state index contributed by atoms with van der Waals surface area (Å²) in [5, 5.41) is 23.0. The molecule has 0 aromatic carbocycles. The first kappa shape index (κ1) is 51.8. The predicted octanol–water partition coefficient (Wildman–Crippen LogP) is 14.7. The zero-order chi connectivity index (χ0) is 39.3. The highest BCUT2D eigenvalue weighted by Gasteiger charge is 2.17. The van der Waals surface area contributed by atoms with Gasteiger partial charge in [-0.1, -0.05) is 209 Å². The zero-order valence-electron chi connectivity index (χ0n) is 35.7. The predicted molar refractivity (Wildman–Crippen MR) is 239 cm³/mol. The van der Waals surface area contributed by atoms with E-state index >= 15 is 0 Å². The number of carbonyl (C=O) groups is 1. The Morgan fingerprint density at radius 3 is 1.30 bits per heavy atom. The smallest absolute Gasteiger partial charge is 0.220 e. The second-order valence-electron chi connectivity index (χ2n) is 15.4. The van der Waals surface area contributed by atoms with Gasteiger partial charge in [0.25, 0.3) is 0 Å². The second kappa shape index (κ2) is 45.2. The third-order valence-electron chi connectivity index (χ3n) is 10.2. The molecule has 2 unspecified atom stereocenters. The Hall–Kier alpha value is -2.17. The summed E-state index contributed by atoms with van der Waals surface area (Å²) in [6.45, 7) is 4.17. The molecule has 3 N–H and O–H groups in total. The van der Waals surface area contributed by atoms with Crippen LogP contribution in [0.5, 0.6) is 0 Å². The Kier molecular flexibility index (Phi) is 43.4. The molecular formula is C50H89NO3. The molecule has 0 radical (unpaired) electrons. The molecule has 0 fully saturated rings. The van der Waals surface area contributed by atoms with Crippen LogP contribution < -0.4 is 5.32 Å². The number of amides is 1. The first-order valence-electron chi connectivity index (χ1n) is 23.2. The number of carbonyl (C=O) groups excluding carboxylic acids is 1. The number of aliphatic hydroxyl groups is 2. The van der Waals surface area contributed by atoms with Crippen molar-refractivity contribution in [2.75, 3.05) is 6.61 Å².